The molecule has 0 saturated carbocycles. The largest absolute Gasteiger partial charge is 0.350 e. The van der Waals surface area contributed by atoms with Crippen molar-refractivity contribution in [1.29, 1.82) is 0 Å². The van der Waals surface area contributed by atoms with Gasteiger partial charge in [0, 0.05) is 28.4 Å². The lowest BCUT2D eigenvalue weighted by Gasteiger charge is -2.04. The van der Waals surface area contributed by atoms with Crippen molar-refractivity contribution in [3.63, 3.8) is 0 Å². The van der Waals surface area contributed by atoms with Crippen molar-refractivity contribution in [1.82, 2.24) is 29.9 Å². The van der Waals surface area contributed by atoms with Crippen LogP contribution in [0.5, 0.6) is 0 Å². The highest BCUT2D eigenvalue weighted by Crippen LogP contribution is 2.24. The molecule has 0 spiro atoms. The Kier molecular flexibility index (Phi) is 5.87. The van der Waals surface area contributed by atoms with Gasteiger partial charge in [-0.3, -0.25) is 14.2 Å². The molecule has 1 N–H and O–H groups in total. The summed E-state index contributed by atoms with van der Waals surface area (Å²) in [7, 11) is 0. The van der Waals surface area contributed by atoms with Gasteiger partial charge in [-0.25, -0.2) is 4.98 Å². The summed E-state index contributed by atoms with van der Waals surface area (Å²) < 4.78 is 3.83. The fraction of sp³-hybridized carbons (Fsp3) is 0.333. The summed E-state index contributed by atoms with van der Waals surface area (Å²) in [5, 5.41) is 15.5. The number of hydrogen-bond acceptors (Lipinski definition) is 5. The first-order valence-electron chi connectivity index (χ1n) is 9.80. The van der Waals surface area contributed by atoms with Crippen LogP contribution in [0.1, 0.15) is 37.0 Å². The predicted molar refractivity (Wildman–Crippen MR) is 120 cm³/mol. The smallest absolute Gasteiger partial charge is 0.222 e. The van der Waals surface area contributed by atoms with E-state index in [0.29, 0.717) is 24.5 Å². The quantitative estimate of drug-likeness (QED) is 0.453. The number of aromatic nitrogens is 5. The zero-order chi connectivity index (χ0) is 21.3. The van der Waals surface area contributed by atoms with Crippen molar-refractivity contribution in [2.24, 2.45) is 0 Å². The summed E-state index contributed by atoms with van der Waals surface area (Å²) in [5.41, 5.74) is 4.81. The number of nitrogens with one attached hydrogen (secondary N) is 1. The molecular formula is C21H23ClN6OS. The van der Waals surface area contributed by atoms with Crippen molar-refractivity contribution < 1.29 is 4.79 Å². The third-order valence-corrected chi connectivity index (χ3v) is 5.94. The van der Waals surface area contributed by atoms with Gasteiger partial charge < -0.3 is 5.32 Å². The topological polar surface area (TPSA) is 77.6 Å². The Bertz CT molecular complexity index is 1170. The van der Waals surface area contributed by atoms with Gasteiger partial charge in [0.15, 0.2) is 0 Å². The summed E-state index contributed by atoms with van der Waals surface area (Å²) in [4.78, 5) is 16.9. The minimum absolute atomic E-state index is 0.0317. The third kappa shape index (κ3) is 4.24. The number of carbonyl (C=O) groups excluding carboxylic acids is 1. The van der Waals surface area contributed by atoms with Crippen molar-refractivity contribution in [2.45, 2.75) is 46.3 Å². The summed E-state index contributed by atoms with van der Waals surface area (Å²) in [6.07, 6.45) is 2.17. The van der Waals surface area contributed by atoms with Crippen LogP contribution in [0.4, 0.5) is 0 Å². The van der Waals surface area contributed by atoms with E-state index in [1.165, 1.54) is 11.3 Å². The maximum atomic E-state index is 12.3. The van der Waals surface area contributed by atoms with E-state index in [1.807, 2.05) is 52.1 Å². The molecule has 4 aromatic rings. The molecule has 0 aliphatic rings. The molecule has 156 valence electrons. The van der Waals surface area contributed by atoms with Crippen LogP contribution in [0, 0.1) is 6.92 Å². The van der Waals surface area contributed by atoms with Crippen LogP contribution in [0.2, 0.25) is 5.02 Å². The Morgan fingerprint density at radius 1 is 1.27 bits per heavy atom. The van der Waals surface area contributed by atoms with Crippen LogP contribution >= 0.6 is 22.9 Å². The monoisotopic (exact) mass is 442 g/mol. The van der Waals surface area contributed by atoms with Crippen LogP contribution in [0.15, 0.2) is 35.8 Å². The molecule has 0 unspecified atom stereocenters. The van der Waals surface area contributed by atoms with Crippen LogP contribution in [-0.2, 0) is 17.9 Å². The van der Waals surface area contributed by atoms with Crippen LogP contribution in [-0.4, -0.2) is 30.5 Å². The van der Waals surface area contributed by atoms with E-state index in [4.69, 9.17) is 11.6 Å². The first-order valence-corrected chi connectivity index (χ1v) is 11.1. The number of hydrogen-bond donors (Lipinski definition) is 1. The number of benzene rings is 1. The van der Waals surface area contributed by atoms with E-state index in [9.17, 15) is 4.79 Å². The molecule has 3 aromatic heterocycles. The highest BCUT2D eigenvalue weighted by atomic mass is 35.5. The normalized spacial score (nSPS) is 11.5. The molecule has 7 nitrogen and oxygen atoms in total. The molecule has 1 aromatic carbocycles. The number of halogens is 1. The first kappa shape index (κ1) is 20.6. The van der Waals surface area contributed by atoms with Gasteiger partial charge in [0.25, 0.3) is 0 Å². The van der Waals surface area contributed by atoms with E-state index < -0.39 is 0 Å². The summed E-state index contributed by atoms with van der Waals surface area (Å²) in [6, 6.07) is 7.83. The maximum absolute atomic E-state index is 12.3. The highest BCUT2D eigenvalue weighted by Gasteiger charge is 2.16. The lowest BCUT2D eigenvalue weighted by atomic mass is 10.2. The summed E-state index contributed by atoms with van der Waals surface area (Å²) >= 11 is 7.46. The summed E-state index contributed by atoms with van der Waals surface area (Å²) in [6.45, 7) is 7.07. The van der Waals surface area contributed by atoms with E-state index in [0.717, 1.165) is 33.0 Å². The average Bonchev–Trinajstić information content (AvgIpc) is 3.43. The SMILES string of the molecule is Cc1nn(C(C)C)c2cnn(CCC(=O)NCc3nc(-c4ccc(Cl)cc4)cs3)c12. The standard InChI is InChI=1S/C21H23ClN6OS/c1-13(2)28-18-10-24-27(21(18)14(3)26-28)9-8-19(29)23-11-20-25-17(12-30-20)15-4-6-16(22)7-5-15/h4-7,10,12-13H,8-9,11H2,1-3H3,(H,23,29). The molecule has 0 fully saturated rings. The molecule has 0 saturated heterocycles. The van der Waals surface area contributed by atoms with Crippen LogP contribution in [0.25, 0.3) is 22.3 Å². The molecular weight excluding hydrogens is 420 g/mol. The second kappa shape index (κ2) is 8.57. The highest BCUT2D eigenvalue weighted by molar-refractivity contribution is 7.09. The minimum atomic E-state index is -0.0317. The molecule has 0 aliphatic carbocycles. The molecule has 1 amide bonds. The van der Waals surface area contributed by atoms with Gasteiger partial charge in [0.1, 0.15) is 16.0 Å². The van der Waals surface area contributed by atoms with Crippen molar-refractivity contribution in [3.05, 3.63) is 51.6 Å². The number of nitrogens with zero attached hydrogens (tertiary/aromatic N) is 5. The van der Waals surface area contributed by atoms with Gasteiger partial charge in [-0.05, 0) is 32.9 Å². The predicted octanol–water partition coefficient (Wildman–Crippen LogP) is 4.61. The fourth-order valence-corrected chi connectivity index (χ4v) is 4.23. The fourth-order valence-electron chi connectivity index (χ4n) is 3.36. The lowest BCUT2D eigenvalue weighted by Crippen LogP contribution is -2.24. The molecule has 30 heavy (non-hydrogen) atoms. The van der Waals surface area contributed by atoms with Gasteiger partial charge >= 0.3 is 0 Å². The van der Waals surface area contributed by atoms with Gasteiger partial charge in [-0.2, -0.15) is 10.2 Å². The number of rotatable bonds is 7. The number of fused-ring (bicyclic) bond motifs is 1. The Labute approximate surface area is 183 Å². The third-order valence-electron chi connectivity index (χ3n) is 4.84. The minimum Gasteiger partial charge on any atom is -0.350 e. The summed E-state index contributed by atoms with van der Waals surface area (Å²) in [5.74, 6) is -0.0317. The van der Waals surface area contributed by atoms with E-state index in [2.05, 4.69) is 34.3 Å². The van der Waals surface area contributed by atoms with Gasteiger partial charge in [0.2, 0.25) is 5.91 Å². The second-order valence-electron chi connectivity index (χ2n) is 7.39. The zero-order valence-electron chi connectivity index (χ0n) is 17.1. The average molecular weight is 443 g/mol. The maximum Gasteiger partial charge on any atom is 0.222 e. The molecule has 0 atom stereocenters. The van der Waals surface area contributed by atoms with Crippen molar-refractivity contribution in [3.8, 4) is 11.3 Å². The van der Waals surface area contributed by atoms with E-state index in [1.54, 1.807) is 0 Å². The Morgan fingerprint density at radius 3 is 2.77 bits per heavy atom. The Balaban J connectivity index is 1.34. The lowest BCUT2D eigenvalue weighted by molar-refractivity contribution is -0.121. The van der Waals surface area contributed by atoms with Crippen molar-refractivity contribution in [2.75, 3.05) is 0 Å². The van der Waals surface area contributed by atoms with E-state index in [-0.39, 0.29) is 11.9 Å². The van der Waals surface area contributed by atoms with Crippen LogP contribution < -0.4 is 5.32 Å². The molecule has 0 radical (unpaired) electrons. The van der Waals surface area contributed by atoms with E-state index >= 15 is 0 Å². The number of carbonyl (C=O) groups is 1. The van der Waals surface area contributed by atoms with Gasteiger partial charge in [-0.15, -0.1) is 11.3 Å². The number of thiazole rings is 1. The zero-order valence-corrected chi connectivity index (χ0v) is 18.7. The Hall–Kier alpha value is -2.71. The van der Waals surface area contributed by atoms with Gasteiger partial charge in [-0.1, -0.05) is 23.7 Å². The first-order chi connectivity index (χ1) is 14.4. The van der Waals surface area contributed by atoms with Crippen LogP contribution in [0.3, 0.4) is 0 Å². The molecule has 3 heterocycles. The molecule has 4 rings (SSSR count). The molecule has 0 bridgehead atoms. The second-order valence-corrected chi connectivity index (χ2v) is 8.76. The van der Waals surface area contributed by atoms with Crippen molar-refractivity contribution >= 4 is 39.9 Å². The number of aryl methyl sites for hydroxylation is 2. The molecule has 9 heteroatoms. The van der Waals surface area contributed by atoms with Gasteiger partial charge in [0.05, 0.1) is 30.7 Å². The number of amides is 1. The molecule has 0 aliphatic heterocycles. The Morgan fingerprint density at radius 2 is 2.03 bits per heavy atom.